The third kappa shape index (κ3) is 5.34. The maximum atomic E-state index is 13.0. The summed E-state index contributed by atoms with van der Waals surface area (Å²) in [4.78, 5) is 14.1. The van der Waals surface area contributed by atoms with Gasteiger partial charge in [0.05, 0.1) is 5.56 Å². The van der Waals surface area contributed by atoms with Gasteiger partial charge in [-0.2, -0.15) is 10.5 Å². The predicted molar refractivity (Wildman–Crippen MR) is 138 cm³/mol. The van der Waals surface area contributed by atoms with Crippen molar-refractivity contribution in [2.45, 2.75) is 32.3 Å². The Bertz CT molecular complexity index is 1370. The van der Waals surface area contributed by atoms with E-state index in [4.69, 9.17) is 16.3 Å². The average molecular weight is 553 g/mol. The Balaban J connectivity index is 1.59. The summed E-state index contributed by atoms with van der Waals surface area (Å²) in [7, 11) is 0. The first-order chi connectivity index (χ1) is 16.5. The van der Waals surface area contributed by atoms with Crippen molar-refractivity contribution in [2.24, 2.45) is 0 Å². The van der Waals surface area contributed by atoms with Crippen LogP contribution in [0.25, 0.3) is 6.08 Å². The summed E-state index contributed by atoms with van der Waals surface area (Å²) in [6.45, 7) is 0.239. The van der Waals surface area contributed by atoms with Crippen molar-refractivity contribution in [3.8, 4) is 17.9 Å². The zero-order valence-corrected chi connectivity index (χ0v) is 21.2. The topological polar surface area (TPSA) is 85.9 Å². The predicted octanol–water partition coefficient (Wildman–Crippen LogP) is 7.04. The van der Waals surface area contributed by atoms with Gasteiger partial charge in [-0.25, -0.2) is 0 Å². The Morgan fingerprint density at radius 1 is 1.21 bits per heavy atom. The maximum Gasteiger partial charge on any atom is 0.266 e. The van der Waals surface area contributed by atoms with Crippen LogP contribution in [0.2, 0.25) is 5.02 Å². The number of anilines is 1. The molecule has 0 saturated carbocycles. The number of carbonyl (C=O) groups excluding carboxylic acids is 1. The maximum absolute atomic E-state index is 13.0. The van der Waals surface area contributed by atoms with E-state index in [2.05, 4.69) is 27.3 Å². The third-order valence-electron chi connectivity index (χ3n) is 5.49. The zero-order chi connectivity index (χ0) is 24.1. The van der Waals surface area contributed by atoms with Crippen molar-refractivity contribution in [3.05, 3.63) is 84.7 Å². The highest BCUT2D eigenvalue weighted by atomic mass is 79.9. The van der Waals surface area contributed by atoms with Crippen LogP contribution < -0.4 is 10.1 Å². The van der Waals surface area contributed by atoms with Gasteiger partial charge in [0.15, 0.2) is 0 Å². The second-order valence-electron chi connectivity index (χ2n) is 7.71. The van der Waals surface area contributed by atoms with Crippen LogP contribution in [-0.4, -0.2) is 5.91 Å². The largest absolute Gasteiger partial charge is 0.488 e. The fourth-order valence-corrected chi connectivity index (χ4v) is 5.59. The number of nitrogens with zero attached hydrogens (tertiary/aromatic N) is 2. The van der Waals surface area contributed by atoms with Crippen molar-refractivity contribution in [2.75, 3.05) is 5.32 Å². The normalized spacial score (nSPS) is 12.9. The molecule has 0 saturated heterocycles. The summed E-state index contributed by atoms with van der Waals surface area (Å²) in [5, 5.41) is 23.2. The van der Waals surface area contributed by atoms with Gasteiger partial charge in [-0.3, -0.25) is 4.79 Å². The fraction of sp³-hybridized carbons (Fsp3) is 0.192. The fourth-order valence-electron chi connectivity index (χ4n) is 3.78. The van der Waals surface area contributed by atoms with Gasteiger partial charge in [-0.05, 0) is 61.6 Å². The number of halogens is 2. The molecule has 34 heavy (non-hydrogen) atoms. The van der Waals surface area contributed by atoms with Crippen LogP contribution in [-0.2, 0) is 24.2 Å². The van der Waals surface area contributed by atoms with Gasteiger partial charge in [0.2, 0.25) is 0 Å². The van der Waals surface area contributed by atoms with Gasteiger partial charge in [0, 0.05) is 25.5 Å². The SMILES string of the molecule is N#C/C(=C\c1cc(Br)ccc1OCc1ccccc1Cl)C(=O)Nc1sc2c(c1C#N)CCCC2. The second kappa shape index (κ2) is 10.9. The lowest BCUT2D eigenvalue weighted by atomic mass is 9.96. The quantitative estimate of drug-likeness (QED) is 0.262. The van der Waals surface area contributed by atoms with Crippen molar-refractivity contribution in [1.82, 2.24) is 0 Å². The number of amides is 1. The molecule has 4 rings (SSSR count). The molecule has 0 unspecified atom stereocenters. The van der Waals surface area contributed by atoms with Crippen LogP contribution in [0.15, 0.2) is 52.5 Å². The number of hydrogen-bond donors (Lipinski definition) is 1. The van der Waals surface area contributed by atoms with Crippen LogP contribution in [0.4, 0.5) is 5.00 Å². The highest BCUT2D eigenvalue weighted by Crippen LogP contribution is 2.38. The van der Waals surface area contributed by atoms with Crippen LogP contribution in [0.5, 0.6) is 5.75 Å². The minimum atomic E-state index is -0.561. The first kappa shape index (κ1) is 24.0. The number of thiophene rings is 1. The van der Waals surface area contributed by atoms with E-state index >= 15 is 0 Å². The van der Waals surface area contributed by atoms with E-state index in [1.54, 1.807) is 18.2 Å². The molecule has 1 amide bonds. The molecule has 1 aromatic heterocycles. The average Bonchev–Trinajstić information content (AvgIpc) is 3.19. The molecule has 0 radical (unpaired) electrons. The van der Waals surface area contributed by atoms with Crippen LogP contribution >= 0.6 is 38.9 Å². The molecule has 5 nitrogen and oxygen atoms in total. The molecule has 1 aliphatic rings. The zero-order valence-electron chi connectivity index (χ0n) is 18.0. The van der Waals surface area contributed by atoms with Crippen molar-refractivity contribution >= 4 is 55.9 Å². The molecule has 1 N–H and O–H groups in total. The van der Waals surface area contributed by atoms with Crippen LogP contribution in [0.1, 0.15) is 40.0 Å². The number of ether oxygens (including phenoxy) is 1. The van der Waals surface area contributed by atoms with Gasteiger partial charge in [0.25, 0.3) is 5.91 Å². The Kier molecular flexibility index (Phi) is 7.70. The summed E-state index contributed by atoms with van der Waals surface area (Å²) in [5.41, 5.74) is 2.84. The Labute approximate surface area is 215 Å². The Morgan fingerprint density at radius 3 is 2.76 bits per heavy atom. The minimum absolute atomic E-state index is 0.0871. The van der Waals surface area contributed by atoms with E-state index in [1.165, 1.54) is 17.4 Å². The number of benzene rings is 2. The smallest absolute Gasteiger partial charge is 0.266 e. The summed E-state index contributed by atoms with van der Waals surface area (Å²) < 4.78 is 6.74. The molecule has 8 heteroatoms. The minimum Gasteiger partial charge on any atom is -0.488 e. The summed E-state index contributed by atoms with van der Waals surface area (Å²) in [6, 6.07) is 17.0. The molecule has 0 atom stereocenters. The standard InChI is InChI=1S/C26H19BrClN3O2S/c27-19-9-10-23(33-15-16-5-1-3-7-22(16)28)17(12-19)11-18(13-29)25(32)31-26-21(14-30)20-6-2-4-8-24(20)34-26/h1,3,5,7,9-12H,2,4,6,8,15H2,(H,31,32)/b18-11+. The molecule has 2 aromatic carbocycles. The number of nitrogens with one attached hydrogen (secondary N) is 1. The first-order valence-electron chi connectivity index (χ1n) is 10.6. The van der Waals surface area contributed by atoms with Crippen LogP contribution in [0.3, 0.4) is 0 Å². The first-order valence-corrected chi connectivity index (χ1v) is 12.6. The van der Waals surface area contributed by atoms with E-state index in [1.807, 2.05) is 30.3 Å². The third-order valence-corrected chi connectivity index (χ3v) is 7.56. The molecule has 1 heterocycles. The number of carbonyl (C=O) groups is 1. The Morgan fingerprint density at radius 2 is 2.00 bits per heavy atom. The summed E-state index contributed by atoms with van der Waals surface area (Å²) in [6.07, 6.45) is 5.36. The lowest BCUT2D eigenvalue weighted by Crippen LogP contribution is -2.13. The summed E-state index contributed by atoms with van der Waals surface area (Å²) >= 11 is 11.1. The monoisotopic (exact) mass is 551 g/mol. The van der Waals surface area contributed by atoms with Gasteiger partial charge in [-0.15, -0.1) is 11.3 Å². The number of rotatable bonds is 6. The summed E-state index contributed by atoms with van der Waals surface area (Å²) in [5.74, 6) is -0.0532. The highest BCUT2D eigenvalue weighted by Gasteiger charge is 2.23. The second-order valence-corrected chi connectivity index (χ2v) is 10.1. The van der Waals surface area contributed by atoms with E-state index in [-0.39, 0.29) is 12.2 Å². The lowest BCUT2D eigenvalue weighted by molar-refractivity contribution is -0.112. The lowest BCUT2D eigenvalue weighted by Gasteiger charge is -2.11. The van der Waals surface area contributed by atoms with Crippen molar-refractivity contribution in [3.63, 3.8) is 0 Å². The van der Waals surface area contributed by atoms with Crippen LogP contribution in [0, 0.1) is 22.7 Å². The molecule has 0 aliphatic heterocycles. The molecule has 170 valence electrons. The Hall–Kier alpha value is -3.10. The van der Waals surface area contributed by atoms with Crippen molar-refractivity contribution < 1.29 is 9.53 Å². The molecule has 3 aromatic rings. The molecule has 0 spiro atoms. The van der Waals surface area contributed by atoms with E-state index in [0.717, 1.165) is 46.2 Å². The van der Waals surface area contributed by atoms with Gasteiger partial charge in [-0.1, -0.05) is 45.7 Å². The van der Waals surface area contributed by atoms with Gasteiger partial charge < -0.3 is 10.1 Å². The molecular weight excluding hydrogens is 534 g/mol. The molecule has 0 fully saturated rings. The molecular formula is C26H19BrClN3O2S. The van der Waals surface area contributed by atoms with Crippen molar-refractivity contribution in [1.29, 1.82) is 10.5 Å². The van der Waals surface area contributed by atoms with Gasteiger partial charge >= 0.3 is 0 Å². The van der Waals surface area contributed by atoms with E-state index in [0.29, 0.717) is 26.9 Å². The van der Waals surface area contributed by atoms with E-state index in [9.17, 15) is 15.3 Å². The number of nitriles is 2. The molecule has 0 bridgehead atoms. The van der Waals surface area contributed by atoms with E-state index < -0.39 is 5.91 Å². The number of hydrogen-bond acceptors (Lipinski definition) is 5. The highest BCUT2D eigenvalue weighted by molar-refractivity contribution is 9.10. The number of aryl methyl sites for hydroxylation is 1. The van der Waals surface area contributed by atoms with Gasteiger partial charge in [0.1, 0.15) is 35.1 Å². The number of fused-ring (bicyclic) bond motifs is 1. The molecule has 1 aliphatic carbocycles.